The van der Waals surface area contributed by atoms with Crippen LogP contribution >= 0.6 is 0 Å². The van der Waals surface area contributed by atoms with E-state index in [-0.39, 0.29) is 17.3 Å². The average molecular weight is 288 g/mol. The maximum absolute atomic E-state index is 12.2. The van der Waals surface area contributed by atoms with Gasteiger partial charge in [0.25, 0.3) is 11.6 Å². The molecule has 0 aliphatic rings. The number of nitrogens with zero attached hydrogens (tertiary/aromatic N) is 3. The van der Waals surface area contributed by atoms with Crippen LogP contribution in [0.1, 0.15) is 35.9 Å². The van der Waals surface area contributed by atoms with Crippen LogP contribution in [0.25, 0.3) is 0 Å². The molecule has 0 saturated carbocycles. The molecule has 7 heteroatoms. The monoisotopic (exact) mass is 288 g/mol. The molecule has 1 amide bonds. The molecule has 21 heavy (non-hydrogen) atoms. The lowest BCUT2D eigenvalue weighted by Gasteiger charge is -2.11. The second kappa shape index (κ2) is 6.17. The van der Waals surface area contributed by atoms with E-state index in [1.807, 2.05) is 19.2 Å². The van der Waals surface area contributed by atoms with Crippen LogP contribution in [-0.2, 0) is 6.54 Å². The third-order valence-corrected chi connectivity index (χ3v) is 3.12. The van der Waals surface area contributed by atoms with Crippen molar-refractivity contribution in [2.24, 2.45) is 0 Å². The summed E-state index contributed by atoms with van der Waals surface area (Å²) in [6.07, 6.45) is 1.82. The lowest BCUT2D eigenvalue weighted by molar-refractivity contribution is -0.385. The third-order valence-electron chi connectivity index (χ3n) is 3.12. The van der Waals surface area contributed by atoms with Gasteiger partial charge in [-0.25, -0.2) is 0 Å². The van der Waals surface area contributed by atoms with Crippen LogP contribution in [-0.4, -0.2) is 20.6 Å². The first-order valence-electron chi connectivity index (χ1n) is 6.60. The summed E-state index contributed by atoms with van der Waals surface area (Å²) in [5, 5.41) is 18.0. The number of benzene rings is 1. The minimum atomic E-state index is -0.564. The first-order valence-corrected chi connectivity index (χ1v) is 6.60. The summed E-state index contributed by atoms with van der Waals surface area (Å²) in [5.41, 5.74) is 0.550. The molecule has 0 radical (unpaired) electrons. The van der Waals surface area contributed by atoms with Crippen molar-refractivity contribution in [1.82, 2.24) is 15.1 Å². The maximum atomic E-state index is 12.2. The van der Waals surface area contributed by atoms with E-state index in [0.717, 1.165) is 6.54 Å². The van der Waals surface area contributed by atoms with Crippen molar-refractivity contribution in [3.63, 3.8) is 0 Å². The Morgan fingerprint density at radius 3 is 2.76 bits per heavy atom. The van der Waals surface area contributed by atoms with Crippen LogP contribution in [0.2, 0.25) is 0 Å². The minimum Gasteiger partial charge on any atom is -0.344 e. The van der Waals surface area contributed by atoms with E-state index < -0.39 is 10.8 Å². The molecule has 1 aromatic heterocycles. The zero-order valence-corrected chi connectivity index (χ0v) is 11.8. The summed E-state index contributed by atoms with van der Waals surface area (Å²) < 4.78 is 1.75. The zero-order chi connectivity index (χ0) is 15.4. The lowest BCUT2D eigenvalue weighted by Crippen LogP contribution is -2.27. The summed E-state index contributed by atoms with van der Waals surface area (Å²) in [7, 11) is 0. The summed E-state index contributed by atoms with van der Waals surface area (Å²) in [4.78, 5) is 22.5. The predicted octanol–water partition coefficient (Wildman–Crippen LogP) is 2.30. The Morgan fingerprint density at radius 2 is 2.14 bits per heavy atom. The fourth-order valence-electron chi connectivity index (χ4n) is 1.96. The average Bonchev–Trinajstić information content (AvgIpc) is 2.96. The Bertz CT molecular complexity index is 666. The second-order valence-electron chi connectivity index (χ2n) is 4.57. The van der Waals surface area contributed by atoms with Crippen LogP contribution < -0.4 is 5.32 Å². The van der Waals surface area contributed by atoms with Gasteiger partial charge in [0.2, 0.25) is 0 Å². The highest BCUT2D eigenvalue weighted by atomic mass is 16.6. The molecule has 1 N–H and O–H groups in total. The van der Waals surface area contributed by atoms with Crippen molar-refractivity contribution < 1.29 is 9.72 Å². The van der Waals surface area contributed by atoms with E-state index in [1.165, 1.54) is 18.2 Å². The highest BCUT2D eigenvalue weighted by Gasteiger charge is 2.21. The molecule has 1 unspecified atom stereocenters. The van der Waals surface area contributed by atoms with Gasteiger partial charge in [0.05, 0.1) is 16.7 Å². The van der Waals surface area contributed by atoms with E-state index >= 15 is 0 Å². The molecule has 1 atom stereocenters. The van der Waals surface area contributed by atoms with Crippen molar-refractivity contribution >= 4 is 11.6 Å². The number of hydrogen-bond donors (Lipinski definition) is 1. The Kier molecular flexibility index (Phi) is 4.32. The number of rotatable bonds is 5. The summed E-state index contributed by atoms with van der Waals surface area (Å²) in [6, 6.07) is 7.36. The van der Waals surface area contributed by atoms with Crippen LogP contribution in [0.5, 0.6) is 0 Å². The SMILES string of the molecule is CCn1ccc(C(C)NC(=O)c2ccccc2[N+](=O)[O-])n1. The van der Waals surface area contributed by atoms with Gasteiger partial charge < -0.3 is 5.32 Å². The van der Waals surface area contributed by atoms with Crippen molar-refractivity contribution in [3.8, 4) is 0 Å². The van der Waals surface area contributed by atoms with Crippen LogP contribution in [0, 0.1) is 10.1 Å². The summed E-state index contributed by atoms with van der Waals surface area (Å²) >= 11 is 0. The standard InChI is InChI=1S/C14H16N4O3/c1-3-17-9-8-12(16-17)10(2)15-14(19)11-6-4-5-7-13(11)18(20)21/h4-10H,3H2,1-2H3,(H,15,19). The fourth-order valence-corrected chi connectivity index (χ4v) is 1.96. The van der Waals surface area contributed by atoms with Crippen LogP contribution in [0.3, 0.4) is 0 Å². The number of nitro groups is 1. The molecule has 0 aliphatic heterocycles. The molecule has 2 aromatic rings. The molecule has 0 spiro atoms. The fraction of sp³-hybridized carbons (Fsp3) is 0.286. The minimum absolute atomic E-state index is 0.0456. The molecule has 7 nitrogen and oxygen atoms in total. The molecular formula is C14H16N4O3. The molecule has 1 aromatic carbocycles. The Hall–Kier alpha value is -2.70. The third kappa shape index (κ3) is 3.25. The van der Waals surface area contributed by atoms with Crippen molar-refractivity contribution in [3.05, 3.63) is 57.9 Å². The number of nitro benzene ring substituents is 1. The van der Waals surface area contributed by atoms with Crippen molar-refractivity contribution in [1.29, 1.82) is 0 Å². The van der Waals surface area contributed by atoms with Gasteiger partial charge in [0.15, 0.2) is 0 Å². The van der Waals surface area contributed by atoms with Gasteiger partial charge >= 0.3 is 0 Å². The Balaban J connectivity index is 2.16. The van der Waals surface area contributed by atoms with Crippen LogP contribution in [0.15, 0.2) is 36.5 Å². The van der Waals surface area contributed by atoms with E-state index in [1.54, 1.807) is 17.7 Å². The zero-order valence-electron chi connectivity index (χ0n) is 11.8. The number of hydrogen-bond acceptors (Lipinski definition) is 4. The van der Waals surface area contributed by atoms with E-state index in [0.29, 0.717) is 5.69 Å². The second-order valence-corrected chi connectivity index (χ2v) is 4.57. The van der Waals surface area contributed by atoms with E-state index in [4.69, 9.17) is 0 Å². The van der Waals surface area contributed by atoms with E-state index in [9.17, 15) is 14.9 Å². The van der Waals surface area contributed by atoms with Crippen molar-refractivity contribution in [2.75, 3.05) is 0 Å². The highest BCUT2D eigenvalue weighted by molar-refractivity contribution is 5.98. The lowest BCUT2D eigenvalue weighted by atomic mass is 10.1. The maximum Gasteiger partial charge on any atom is 0.282 e. The Labute approximate surface area is 121 Å². The molecule has 2 rings (SSSR count). The molecule has 110 valence electrons. The number of carbonyl (C=O) groups excluding carboxylic acids is 1. The Morgan fingerprint density at radius 1 is 1.43 bits per heavy atom. The number of carbonyl (C=O) groups is 1. The molecular weight excluding hydrogens is 272 g/mol. The number of nitrogens with one attached hydrogen (secondary N) is 1. The van der Waals surface area contributed by atoms with Gasteiger partial charge in [-0.2, -0.15) is 5.10 Å². The smallest absolute Gasteiger partial charge is 0.282 e. The van der Waals surface area contributed by atoms with Gasteiger partial charge in [0, 0.05) is 18.8 Å². The van der Waals surface area contributed by atoms with Crippen LogP contribution in [0.4, 0.5) is 5.69 Å². The number of amides is 1. The largest absolute Gasteiger partial charge is 0.344 e. The molecule has 0 fully saturated rings. The first kappa shape index (κ1) is 14.7. The normalized spacial score (nSPS) is 11.9. The number of para-hydroxylation sites is 1. The topological polar surface area (TPSA) is 90.1 Å². The number of aryl methyl sites for hydroxylation is 1. The van der Waals surface area contributed by atoms with Gasteiger partial charge in [-0.1, -0.05) is 12.1 Å². The van der Waals surface area contributed by atoms with Gasteiger partial charge in [-0.05, 0) is 26.0 Å². The van der Waals surface area contributed by atoms with Gasteiger partial charge in [0.1, 0.15) is 5.56 Å². The van der Waals surface area contributed by atoms with E-state index in [2.05, 4.69) is 10.4 Å². The predicted molar refractivity (Wildman–Crippen MR) is 76.9 cm³/mol. The number of aromatic nitrogens is 2. The van der Waals surface area contributed by atoms with Gasteiger partial charge in [-0.15, -0.1) is 0 Å². The first-order chi connectivity index (χ1) is 10.0. The van der Waals surface area contributed by atoms with Gasteiger partial charge in [-0.3, -0.25) is 19.6 Å². The summed E-state index contributed by atoms with van der Waals surface area (Å²) in [6.45, 7) is 4.49. The highest BCUT2D eigenvalue weighted by Crippen LogP contribution is 2.19. The molecule has 0 bridgehead atoms. The quantitative estimate of drug-likeness (QED) is 0.675. The summed E-state index contributed by atoms with van der Waals surface area (Å²) in [5.74, 6) is -0.485. The molecule has 0 saturated heterocycles. The molecule has 0 aliphatic carbocycles. The molecule has 1 heterocycles. The van der Waals surface area contributed by atoms with Crippen molar-refractivity contribution in [2.45, 2.75) is 26.4 Å².